The van der Waals surface area contributed by atoms with Gasteiger partial charge in [-0.2, -0.15) is 0 Å². The number of aliphatic hydroxyl groups is 1. The van der Waals surface area contributed by atoms with Gasteiger partial charge >= 0.3 is 5.97 Å². The number of hydrogen-bond donors (Lipinski definition) is 1. The fraction of sp³-hybridized carbons (Fsp3) is 0.364. The third-order valence-electron chi connectivity index (χ3n) is 5.27. The van der Waals surface area contributed by atoms with Crippen molar-refractivity contribution in [3.8, 4) is 0 Å². The van der Waals surface area contributed by atoms with Gasteiger partial charge in [-0.05, 0) is 71.2 Å². The van der Waals surface area contributed by atoms with Crippen molar-refractivity contribution in [1.29, 1.82) is 0 Å². The molecule has 1 aliphatic heterocycles. The molecular weight excluding hydrogens is 469 g/mol. The van der Waals surface area contributed by atoms with Crippen molar-refractivity contribution in [3.63, 3.8) is 0 Å². The van der Waals surface area contributed by atoms with Crippen molar-refractivity contribution in [2.45, 2.75) is 46.4 Å². The van der Waals surface area contributed by atoms with Crippen LogP contribution in [-0.4, -0.2) is 28.5 Å². The van der Waals surface area contributed by atoms with Gasteiger partial charge < -0.3 is 14.7 Å². The lowest BCUT2D eigenvalue weighted by Gasteiger charge is -2.33. The quantitative estimate of drug-likeness (QED) is 0.511. The fourth-order valence-corrected chi connectivity index (χ4v) is 4.75. The van der Waals surface area contributed by atoms with E-state index in [1.54, 1.807) is 6.92 Å². The van der Waals surface area contributed by atoms with Crippen LogP contribution >= 0.6 is 22.6 Å². The maximum Gasteiger partial charge on any atom is 0.339 e. The van der Waals surface area contributed by atoms with E-state index in [2.05, 4.69) is 22.6 Å². The van der Waals surface area contributed by atoms with Gasteiger partial charge in [0.1, 0.15) is 0 Å². The monoisotopic (exact) mass is 493 g/mol. The van der Waals surface area contributed by atoms with E-state index in [1.807, 2.05) is 49.1 Å². The minimum Gasteiger partial charge on any atom is -0.464 e. The highest BCUT2D eigenvalue weighted by molar-refractivity contribution is 14.1. The number of amides is 1. The number of carbonyl (C=O) groups excluding carboxylic acids is 2. The van der Waals surface area contributed by atoms with Crippen molar-refractivity contribution in [3.05, 3.63) is 67.3 Å². The van der Waals surface area contributed by atoms with Crippen LogP contribution in [0.3, 0.4) is 0 Å². The molecule has 6 heteroatoms. The number of benzene rings is 2. The number of nitrogens with zero attached hydrogens (tertiary/aromatic N) is 1. The van der Waals surface area contributed by atoms with Gasteiger partial charge in [-0.15, -0.1) is 0 Å². The highest BCUT2D eigenvalue weighted by atomic mass is 127. The molecule has 0 fully saturated rings. The van der Waals surface area contributed by atoms with E-state index < -0.39 is 12.1 Å². The molecule has 2 aromatic rings. The molecule has 1 N–H and O–H groups in total. The summed E-state index contributed by atoms with van der Waals surface area (Å²) in [6.45, 7) is 6.80. The molecule has 1 aliphatic rings. The van der Waals surface area contributed by atoms with E-state index in [4.69, 9.17) is 4.74 Å². The number of aliphatic hydroxyl groups excluding tert-OH is 1. The molecular formula is C22H24INO4. The standard InChI is InChI=1S/C22H24INO4/c1-4-28-22(27)21(26)19-13(2)17-12-24(11-15-8-6-5-7-9-15)18(25)10-16(17)14(3)20(19)23/h5-9,21,26H,4,10-12H2,1-3H3/t21-/m0/s1. The lowest BCUT2D eigenvalue weighted by Crippen LogP contribution is -2.37. The van der Waals surface area contributed by atoms with Crippen LogP contribution in [0.1, 0.15) is 46.4 Å². The smallest absolute Gasteiger partial charge is 0.339 e. The first-order valence-corrected chi connectivity index (χ1v) is 10.4. The van der Waals surface area contributed by atoms with E-state index in [-0.39, 0.29) is 12.5 Å². The Morgan fingerprint density at radius 1 is 1.21 bits per heavy atom. The second-order valence-electron chi connectivity index (χ2n) is 7.00. The number of halogens is 1. The highest BCUT2D eigenvalue weighted by Gasteiger charge is 2.32. The lowest BCUT2D eigenvalue weighted by molar-refractivity contribution is -0.153. The van der Waals surface area contributed by atoms with Crippen molar-refractivity contribution in [1.82, 2.24) is 4.90 Å². The number of fused-ring (bicyclic) bond motifs is 1. The second-order valence-corrected chi connectivity index (χ2v) is 8.08. The van der Waals surface area contributed by atoms with Gasteiger partial charge in [0.25, 0.3) is 0 Å². The molecule has 0 aromatic heterocycles. The topological polar surface area (TPSA) is 66.8 Å². The number of ether oxygens (including phenoxy) is 1. The minimum absolute atomic E-state index is 0.0911. The Labute approximate surface area is 178 Å². The number of carbonyl (C=O) groups is 2. The lowest BCUT2D eigenvalue weighted by atomic mass is 9.86. The summed E-state index contributed by atoms with van der Waals surface area (Å²) in [6, 6.07) is 9.89. The van der Waals surface area contributed by atoms with Crippen molar-refractivity contribution < 1.29 is 19.4 Å². The predicted octanol–water partition coefficient (Wildman–Crippen LogP) is 3.59. The summed E-state index contributed by atoms with van der Waals surface area (Å²) >= 11 is 2.15. The van der Waals surface area contributed by atoms with Crippen LogP contribution < -0.4 is 0 Å². The third kappa shape index (κ3) is 3.93. The third-order valence-corrected chi connectivity index (χ3v) is 6.66. The Kier molecular flexibility index (Phi) is 6.40. The van der Waals surface area contributed by atoms with Gasteiger partial charge in [0.15, 0.2) is 6.10 Å². The van der Waals surface area contributed by atoms with Gasteiger partial charge in [0.05, 0.1) is 13.0 Å². The van der Waals surface area contributed by atoms with Gasteiger partial charge in [0, 0.05) is 22.2 Å². The van der Waals surface area contributed by atoms with Crippen molar-refractivity contribution in [2.24, 2.45) is 0 Å². The fourth-order valence-electron chi connectivity index (χ4n) is 3.72. The van der Waals surface area contributed by atoms with Gasteiger partial charge in [-0.1, -0.05) is 30.3 Å². The average Bonchev–Trinajstić information content (AvgIpc) is 2.68. The molecule has 0 saturated carbocycles. The SMILES string of the molecule is CCOC(=O)[C@@H](O)c1c(C)c2c(c(C)c1I)CC(=O)N(Cc1ccccc1)C2. The minimum atomic E-state index is -1.32. The molecule has 0 radical (unpaired) electrons. The average molecular weight is 493 g/mol. The zero-order chi connectivity index (χ0) is 20.4. The Bertz CT molecular complexity index is 911. The first-order valence-electron chi connectivity index (χ1n) is 9.31. The summed E-state index contributed by atoms with van der Waals surface area (Å²) < 4.78 is 5.83. The van der Waals surface area contributed by atoms with E-state index in [9.17, 15) is 14.7 Å². The second kappa shape index (κ2) is 8.61. The van der Waals surface area contributed by atoms with Gasteiger partial charge in [-0.3, -0.25) is 4.79 Å². The van der Waals surface area contributed by atoms with Crippen LogP contribution in [0, 0.1) is 17.4 Å². The molecule has 2 aromatic carbocycles. The summed E-state index contributed by atoms with van der Waals surface area (Å²) in [5.74, 6) is -0.552. The highest BCUT2D eigenvalue weighted by Crippen LogP contribution is 2.36. The van der Waals surface area contributed by atoms with E-state index in [0.717, 1.165) is 31.4 Å². The van der Waals surface area contributed by atoms with E-state index in [0.29, 0.717) is 25.1 Å². The molecule has 0 saturated heterocycles. The van der Waals surface area contributed by atoms with Crippen LogP contribution in [0.4, 0.5) is 0 Å². The molecule has 1 heterocycles. The molecule has 5 nitrogen and oxygen atoms in total. The number of hydrogen-bond acceptors (Lipinski definition) is 4. The summed E-state index contributed by atoms with van der Waals surface area (Å²) in [5, 5.41) is 10.6. The Hall–Kier alpha value is -1.93. The molecule has 0 unspecified atom stereocenters. The molecule has 0 spiro atoms. The van der Waals surface area contributed by atoms with Crippen molar-refractivity contribution >= 4 is 34.5 Å². The normalized spacial score (nSPS) is 14.6. The molecule has 0 bridgehead atoms. The summed E-state index contributed by atoms with van der Waals surface area (Å²) in [7, 11) is 0. The Morgan fingerprint density at radius 2 is 1.89 bits per heavy atom. The molecule has 3 rings (SSSR count). The van der Waals surface area contributed by atoms with E-state index >= 15 is 0 Å². The molecule has 1 atom stereocenters. The summed E-state index contributed by atoms with van der Waals surface area (Å²) in [6.07, 6.45) is -0.989. The Morgan fingerprint density at radius 3 is 2.54 bits per heavy atom. The zero-order valence-electron chi connectivity index (χ0n) is 16.3. The largest absolute Gasteiger partial charge is 0.464 e. The van der Waals surface area contributed by atoms with Crippen LogP contribution in [0.25, 0.3) is 0 Å². The maximum absolute atomic E-state index is 12.7. The van der Waals surface area contributed by atoms with Crippen LogP contribution in [-0.2, 0) is 33.8 Å². The van der Waals surface area contributed by atoms with E-state index in [1.165, 1.54) is 0 Å². The summed E-state index contributed by atoms with van der Waals surface area (Å²) in [5.41, 5.74) is 5.50. The number of esters is 1. The molecule has 28 heavy (non-hydrogen) atoms. The van der Waals surface area contributed by atoms with Gasteiger partial charge in [-0.25, -0.2) is 4.79 Å². The first kappa shape index (κ1) is 20.8. The summed E-state index contributed by atoms with van der Waals surface area (Å²) in [4.78, 5) is 26.7. The first-order chi connectivity index (χ1) is 13.3. The Balaban J connectivity index is 2.00. The molecule has 0 aliphatic carbocycles. The van der Waals surface area contributed by atoms with Crippen LogP contribution in [0.15, 0.2) is 30.3 Å². The van der Waals surface area contributed by atoms with Crippen LogP contribution in [0.5, 0.6) is 0 Å². The van der Waals surface area contributed by atoms with Gasteiger partial charge in [0.2, 0.25) is 5.91 Å². The molecule has 1 amide bonds. The van der Waals surface area contributed by atoms with Crippen molar-refractivity contribution in [2.75, 3.05) is 6.61 Å². The maximum atomic E-state index is 12.7. The predicted molar refractivity (Wildman–Crippen MR) is 115 cm³/mol. The number of rotatable bonds is 5. The van der Waals surface area contributed by atoms with Crippen LogP contribution in [0.2, 0.25) is 0 Å². The molecule has 148 valence electrons. The zero-order valence-corrected chi connectivity index (χ0v) is 18.4.